The van der Waals surface area contributed by atoms with Crippen LogP contribution in [0.3, 0.4) is 0 Å². The van der Waals surface area contributed by atoms with Crippen molar-refractivity contribution in [3.8, 4) is 0 Å². The predicted octanol–water partition coefficient (Wildman–Crippen LogP) is 1.51. The molecule has 0 spiro atoms. The number of nitrogens with one attached hydrogen (secondary N) is 3. The topological polar surface area (TPSA) is 95.6 Å². The fraction of sp³-hybridized carbons (Fsp3) is 0.467. The molecule has 0 aliphatic rings. The standard InChI is InChI=1S/C15H21N5O2S/c1-4-5-12-18-19-15(23)20(12)8-13(21)16-7-11-9(2)6-10(3)17-14(11)22/h6H,4-5,7-8H2,1-3H3,(H,16,21)(H,17,22)(H,19,23). The second-order valence-electron chi connectivity index (χ2n) is 5.50. The van der Waals surface area contributed by atoms with E-state index in [-0.39, 0.29) is 24.6 Å². The summed E-state index contributed by atoms with van der Waals surface area (Å²) in [6.45, 7) is 6.00. The van der Waals surface area contributed by atoms with Gasteiger partial charge in [-0.15, -0.1) is 0 Å². The first-order valence-electron chi connectivity index (χ1n) is 7.52. The molecule has 0 atom stereocenters. The van der Waals surface area contributed by atoms with Gasteiger partial charge in [0.1, 0.15) is 12.4 Å². The van der Waals surface area contributed by atoms with Gasteiger partial charge >= 0.3 is 0 Å². The molecule has 0 aliphatic carbocycles. The van der Waals surface area contributed by atoms with E-state index in [1.165, 1.54) is 0 Å². The van der Waals surface area contributed by atoms with Crippen LogP contribution in [-0.2, 0) is 24.3 Å². The Morgan fingerprint density at radius 3 is 2.83 bits per heavy atom. The van der Waals surface area contributed by atoms with Gasteiger partial charge in [-0.25, -0.2) is 0 Å². The van der Waals surface area contributed by atoms with Crippen molar-refractivity contribution in [2.24, 2.45) is 0 Å². The van der Waals surface area contributed by atoms with Crippen molar-refractivity contribution in [2.75, 3.05) is 0 Å². The average molecular weight is 335 g/mol. The fourth-order valence-corrected chi connectivity index (χ4v) is 2.63. The van der Waals surface area contributed by atoms with Gasteiger partial charge in [-0.1, -0.05) is 6.92 Å². The monoisotopic (exact) mass is 335 g/mol. The molecule has 0 aliphatic heterocycles. The van der Waals surface area contributed by atoms with Gasteiger partial charge < -0.3 is 10.3 Å². The van der Waals surface area contributed by atoms with E-state index in [9.17, 15) is 9.59 Å². The molecule has 0 radical (unpaired) electrons. The summed E-state index contributed by atoms with van der Waals surface area (Å²) in [6.07, 6.45) is 1.66. The van der Waals surface area contributed by atoms with Crippen LogP contribution in [0.1, 0.15) is 36.0 Å². The van der Waals surface area contributed by atoms with Gasteiger partial charge in [-0.2, -0.15) is 5.10 Å². The van der Waals surface area contributed by atoms with Gasteiger partial charge in [0.05, 0.1) is 0 Å². The van der Waals surface area contributed by atoms with Crippen molar-refractivity contribution in [3.63, 3.8) is 0 Å². The first kappa shape index (κ1) is 17.1. The summed E-state index contributed by atoms with van der Waals surface area (Å²) in [5.41, 5.74) is 2.05. The third-order valence-corrected chi connectivity index (χ3v) is 3.88. The number of H-pyrrole nitrogens is 2. The third-order valence-electron chi connectivity index (χ3n) is 3.57. The van der Waals surface area contributed by atoms with E-state index < -0.39 is 0 Å². The molecule has 2 heterocycles. The molecule has 7 nitrogen and oxygen atoms in total. The molecule has 124 valence electrons. The lowest BCUT2D eigenvalue weighted by atomic mass is 10.1. The van der Waals surface area contributed by atoms with Crippen molar-refractivity contribution in [1.29, 1.82) is 0 Å². The van der Waals surface area contributed by atoms with Crippen molar-refractivity contribution in [3.05, 3.63) is 43.8 Å². The first-order chi connectivity index (χ1) is 10.9. The number of aryl methyl sites for hydroxylation is 3. The van der Waals surface area contributed by atoms with E-state index in [1.54, 1.807) is 4.57 Å². The largest absolute Gasteiger partial charge is 0.350 e. The molecule has 0 unspecified atom stereocenters. The maximum absolute atomic E-state index is 12.1. The number of carbonyl (C=O) groups is 1. The van der Waals surface area contributed by atoms with Gasteiger partial charge in [-0.3, -0.25) is 19.3 Å². The molecule has 2 aromatic rings. The molecule has 1 amide bonds. The zero-order valence-electron chi connectivity index (χ0n) is 13.5. The van der Waals surface area contributed by atoms with E-state index in [1.807, 2.05) is 26.8 Å². The Bertz CT molecular complexity index is 818. The SMILES string of the molecule is CCCc1n[nH]c(=S)n1CC(=O)NCc1c(C)cc(C)[nH]c1=O. The van der Waals surface area contributed by atoms with Gasteiger partial charge in [0.2, 0.25) is 5.91 Å². The Kier molecular flexibility index (Phi) is 5.49. The van der Waals surface area contributed by atoms with E-state index in [0.29, 0.717) is 10.3 Å². The summed E-state index contributed by atoms with van der Waals surface area (Å²) >= 11 is 5.15. The van der Waals surface area contributed by atoms with E-state index in [0.717, 1.165) is 29.9 Å². The van der Waals surface area contributed by atoms with E-state index in [4.69, 9.17) is 12.2 Å². The van der Waals surface area contributed by atoms with Crippen molar-refractivity contribution in [1.82, 2.24) is 25.1 Å². The number of amides is 1. The highest BCUT2D eigenvalue weighted by atomic mass is 32.1. The molecule has 0 saturated heterocycles. The number of hydrogen-bond acceptors (Lipinski definition) is 4. The molecule has 2 rings (SSSR count). The second kappa shape index (κ2) is 7.36. The summed E-state index contributed by atoms with van der Waals surface area (Å²) in [4.78, 5) is 26.8. The number of aromatic nitrogens is 4. The highest BCUT2D eigenvalue weighted by Gasteiger charge is 2.11. The Balaban J connectivity index is 2.06. The smallest absolute Gasteiger partial charge is 0.253 e. The zero-order chi connectivity index (χ0) is 17.0. The summed E-state index contributed by atoms with van der Waals surface area (Å²) in [7, 11) is 0. The Hall–Kier alpha value is -2.22. The summed E-state index contributed by atoms with van der Waals surface area (Å²) < 4.78 is 2.10. The predicted molar refractivity (Wildman–Crippen MR) is 89.8 cm³/mol. The quantitative estimate of drug-likeness (QED) is 0.697. The van der Waals surface area contributed by atoms with Crippen LogP contribution in [0.4, 0.5) is 0 Å². The summed E-state index contributed by atoms with van der Waals surface area (Å²) in [5.74, 6) is 0.552. The van der Waals surface area contributed by atoms with Gasteiger partial charge in [0.15, 0.2) is 4.77 Å². The number of pyridine rings is 1. The van der Waals surface area contributed by atoms with E-state index >= 15 is 0 Å². The molecular weight excluding hydrogens is 314 g/mol. The minimum absolute atomic E-state index is 0.0908. The Labute approximate surface area is 139 Å². The van der Waals surface area contributed by atoms with Crippen LogP contribution >= 0.6 is 12.2 Å². The number of hydrogen-bond donors (Lipinski definition) is 3. The molecule has 0 aromatic carbocycles. The van der Waals surface area contributed by atoms with Crippen LogP contribution in [0.15, 0.2) is 10.9 Å². The lowest BCUT2D eigenvalue weighted by molar-refractivity contribution is -0.121. The zero-order valence-corrected chi connectivity index (χ0v) is 14.3. The first-order valence-corrected chi connectivity index (χ1v) is 7.93. The van der Waals surface area contributed by atoms with Crippen LogP contribution < -0.4 is 10.9 Å². The Morgan fingerprint density at radius 2 is 2.17 bits per heavy atom. The molecule has 3 N–H and O–H groups in total. The normalized spacial score (nSPS) is 10.7. The maximum Gasteiger partial charge on any atom is 0.253 e. The van der Waals surface area contributed by atoms with Gasteiger partial charge in [0, 0.05) is 24.2 Å². The number of carbonyl (C=O) groups excluding carboxylic acids is 1. The van der Waals surface area contributed by atoms with Crippen LogP contribution in [0, 0.1) is 18.6 Å². The van der Waals surface area contributed by atoms with Crippen LogP contribution in [0.2, 0.25) is 0 Å². The van der Waals surface area contributed by atoms with Gasteiger partial charge in [0.25, 0.3) is 5.56 Å². The molecule has 8 heteroatoms. The highest BCUT2D eigenvalue weighted by molar-refractivity contribution is 7.71. The van der Waals surface area contributed by atoms with Crippen molar-refractivity contribution >= 4 is 18.1 Å². The summed E-state index contributed by atoms with van der Waals surface area (Å²) in [6, 6.07) is 1.88. The number of rotatable bonds is 6. The molecule has 23 heavy (non-hydrogen) atoms. The molecule has 0 bridgehead atoms. The van der Waals surface area contributed by atoms with Crippen molar-refractivity contribution < 1.29 is 4.79 Å². The lowest BCUT2D eigenvalue weighted by Gasteiger charge is -2.09. The highest BCUT2D eigenvalue weighted by Crippen LogP contribution is 2.04. The van der Waals surface area contributed by atoms with Crippen LogP contribution in [-0.4, -0.2) is 25.7 Å². The molecule has 0 saturated carbocycles. The number of nitrogens with zero attached hydrogens (tertiary/aromatic N) is 2. The fourth-order valence-electron chi connectivity index (χ4n) is 2.42. The summed E-state index contributed by atoms with van der Waals surface area (Å²) in [5, 5.41) is 9.60. The average Bonchev–Trinajstić information content (AvgIpc) is 2.79. The second-order valence-corrected chi connectivity index (χ2v) is 5.89. The Morgan fingerprint density at radius 1 is 1.43 bits per heavy atom. The number of aromatic amines is 2. The van der Waals surface area contributed by atoms with Crippen LogP contribution in [0.25, 0.3) is 0 Å². The maximum atomic E-state index is 12.1. The van der Waals surface area contributed by atoms with Crippen LogP contribution in [0.5, 0.6) is 0 Å². The molecule has 2 aromatic heterocycles. The third kappa shape index (κ3) is 4.16. The van der Waals surface area contributed by atoms with Gasteiger partial charge in [-0.05, 0) is 44.1 Å². The minimum atomic E-state index is -0.209. The molecular formula is C15H21N5O2S. The lowest BCUT2D eigenvalue weighted by Crippen LogP contribution is -2.31. The molecule has 0 fully saturated rings. The van der Waals surface area contributed by atoms with E-state index in [2.05, 4.69) is 20.5 Å². The van der Waals surface area contributed by atoms with Crippen molar-refractivity contribution in [2.45, 2.75) is 46.7 Å². The minimum Gasteiger partial charge on any atom is -0.350 e.